The number of hydrogen-bond donors (Lipinski definition) is 6. The van der Waals surface area contributed by atoms with Gasteiger partial charge in [0.2, 0.25) is 0 Å². The third-order valence-electron chi connectivity index (χ3n) is 17.5. The number of amides is 3. The molecular formula is C78H90N20O3S3. The first-order valence-corrected chi connectivity index (χ1v) is 33.8. The maximum absolute atomic E-state index is 12.3. The van der Waals surface area contributed by atoms with Gasteiger partial charge in [-0.1, -0.05) is 117 Å². The zero-order valence-electron chi connectivity index (χ0n) is 60.5. The van der Waals surface area contributed by atoms with Gasteiger partial charge in [0.05, 0.1) is 50.3 Å². The van der Waals surface area contributed by atoms with Crippen molar-refractivity contribution in [2.75, 3.05) is 56.7 Å². The summed E-state index contributed by atoms with van der Waals surface area (Å²) in [6.07, 6.45) is 21.2. The fraction of sp³-hybridized carbons (Fsp3) is 0.295. The van der Waals surface area contributed by atoms with E-state index < -0.39 is 0 Å². The van der Waals surface area contributed by atoms with Gasteiger partial charge in [0.25, 0.3) is 17.7 Å². The normalized spacial score (nSPS) is 12.6. The second-order valence-corrected chi connectivity index (χ2v) is 27.1. The molecule has 0 spiro atoms. The average Bonchev–Trinajstić information content (AvgIpc) is 1.12. The molecule has 1 aliphatic rings. The summed E-state index contributed by atoms with van der Waals surface area (Å²) in [7, 11) is 4.90. The van der Waals surface area contributed by atoms with Crippen molar-refractivity contribution in [2.24, 2.45) is 0 Å². The number of para-hydroxylation sites is 3. The minimum absolute atomic E-state index is 0. The molecule has 0 saturated heterocycles. The SMILES string of the molecule is CNC(=O)c1ccnc2c([C@H](C)CNc3cc(-c4ccc(C(C)(C)C)nc4)ncn3)cccc12.CNC(=O)c1ccnc2c([C@H](C)CNc3cc(-c4cnc(C(C)(C)C)nc4)ncn3)cccc12.CNC(=O)c1ccnc2c([C@H](C)CNc3cc(-c4cnc(C5CC5)nc4)ncn3)cccc12.S.S.S. The van der Waals surface area contributed by atoms with Gasteiger partial charge < -0.3 is 31.9 Å². The molecule has 104 heavy (non-hydrogen) atoms. The number of carbonyl (C=O) groups excluding carboxylic acids is 3. The van der Waals surface area contributed by atoms with Crippen LogP contribution in [-0.2, 0) is 10.8 Å². The second kappa shape index (κ2) is 35.5. The molecule has 3 aromatic carbocycles. The summed E-state index contributed by atoms with van der Waals surface area (Å²) in [6.45, 7) is 21.0. The second-order valence-electron chi connectivity index (χ2n) is 27.1. The smallest absolute Gasteiger partial charge is 0.251 e. The lowest BCUT2D eigenvalue weighted by molar-refractivity contribution is 0.0956. The third kappa shape index (κ3) is 19.1. The van der Waals surface area contributed by atoms with Gasteiger partial charge in [0.15, 0.2) is 0 Å². The van der Waals surface area contributed by atoms with E-state index in [0.717, 1.165) is 118 Å². The van der Waals surface area contributed by atoms with Gasteiger partial charge in [-0.25, -0.2) is 49.8 Å². The molecule has 9 aromatic heterocycles. The maximum Gasteiger partial charge on any atom is 0.251 e. The Labute approximate surface area is 627 Å². The molecule has 1 fully saturated rings. The standard InChI is InChI=1S/C27H30N6O.C26H29N7O.C25H25N7O.3H2S/c1-17(19-7-6-8-20-21(26(34)28-5)11-12-29-25(19)20)14-31-24-13-22(32-16-33-24)18-9-10-23(30-15-18)27(2,3)4;1-16(18-7-6-8-19-20(24(34)27-5)9-10-28-23(18)19)12-29-22-11-21(32-15-33-22)17-13-30-25(31-14-17)26(2,3)4;1-15(18-4-3-5-19-20(25(33)26-2)8-9-27-23(18)19)11-28-22-10-21(31-14-32-22)17-12-29-24(30-13-17)16-6-7-16;;;/h6-13,15-17H,14H2,1-5H3,(H,28,34)(H,31,32,33);6-11,13-16H,12H2,1-5H3,(H,27,34)(H,29,32,33);3-5,8-10,12-16H,6-7,11H2,1-2H3,(H,26,33)(H,28,31,32);3*1H2/t17-;16-;15-;;;/m111.../s1. The minimum Gasteiger partial charge on any atom is -0.369 e. The van der Waals surface area contributed by atoms with Crippen LogP contribution >= 0.6 is 40.5 Å². The Kier molecular flexibility index (Phi) is 26.9. The van der Waals surface area contributed by atoms with Crippen molar-refractivity contribution in [1.82, 2.24) is 85.7 Å². The summed E-state index contributed by atoms with van der Waals surface area (Å²) in [5.41, 5.74) is 13.6. The van der Waals surface area contributed by atoms with Crippen LogP contribution in [0.4, 0.5) is 17.5 Å². The molecular weight excluding hydrogens is 1360 g/mol. The van der Waals surface area contributed by atoms with Crippen LogP contribution in [0, 0.1) is 0 Å². The van der Waals surface area contributed by atoms with Crippen LogP contribution in [0.1, 0.15) is 164 Å². The van der Waals surface area contributed by atoms with Crippen molar-refractivity contribution in [1.29, 1.82) is 0 Å². The Morgan fingerprint density at radius 1 is 0.404 bits per heavy atom. The zero-order chi connectivity index (χ0) is 71.4. The van der Waals surface area contributed by atoms with Crippen LogP contribution in [0.2, 0.25) is 0 Å². The molecule has 0 aliphatic heterocycles. The van der Waals surface area contributed by atoms with E-state index in [-0.39, 0.29) is 86.8 Å². The highest BCUT2D eigenvalue weighted by molar-refractivity contribution is 7.59. The van der Waals surface area contributed by atoms with Crippen LogP contribution in [0.3, 0.4) is 0 Å². The molecule has 3 atom stereocenters. The Morgan fingerprint density at radius 3 is 1.07 bits per heavy atom. The van der Waals surface area contributed by atoms with Crippen LogP contribution in [0.5, 0.6) is 0 Å². The summed E-state index contributed by atoms with van der Waals surface area (Å²) in [6, 6.07) is 33.0. The van der Waals surface area contributed by atoms with Crippen molar-refractivity contribution < 1.29 is 14.4 Å². The summed E-state index contributed by atoms with van der Waals surface area (Å²) in [5, 5.41) is 20.9. The molecule has 0 unspecified atom stereocenters. The van der Waals surface area contributed by atoms with Gasteiger partial charge in [-0.3, -0.25) is 34.3 Å². The zero-order valence-corrected chi connectivity index (χ0v) is 63.5. The number of aromatic nitrogens is 14. The van der Waals surface area contributed by atoms with E-state index in [2.05, 4.69) is 182 Å². The van der Waals surface area contributed by atoms with Crippen LogP contribution in [-0.4, -0.2) is 128 Å². The van der Waals surface area contributed by atoms with Gasteiger partial charge in [-0.2, -0.15) is 40.5 Å². The quantitative estimate of drug-likeness (QED) is 0.0438. The van der Waals surface area contributed by atoms with E-state index in [1.807, 2.05) is 85.3 Å². The van der Waals surface area contributed by atoms with E-state index in [0.29, 0.717) is 42.2 Å². The number of benzene rings is 3. The summed E-state index contributed by atoms with van der Waals surface area (Å²) < 4.78 is 0. The van der Waals surface area contributed by atoms with Crippen LogP contribution < -0.4 is 31.9 Å². The van der Waals surface area contributed by atoms with Gasteiger partial charge in [0.1, 0.15) is 48.1 Å². The molecule has 9 heterocycles. The van der Waals surface area contributed by atoms with Gasteiger partial charge in [-0.15, -0.1) is 0 Å². The lowest BCUT2D eigenvalue weighted by Crippen LogP contribution is -2.18. The molecule has 13 rings (SSSR count). The lowest BCUT2D eigenvalue weighted by atomic mass is 9.91. The van der Waals surface area contributed by atoms with Crippen molar-refractivity contribution >= 4 is 108 Å². The summed E-state index contributed by atoms with van der Waals surface area (Å²) in [5.74, 6) is 4.49. The monoisotopic (exact) mass is 1450 g/mol. The predicted molar refractivity (Wildman–Crippen MR) is 428 cm³/mol. The highest BCUT2D eigenvalue weighted by Gasteiger charge is 2.27. The molecule has 1 saturated carbocycles. The number of hydrogen-bond acceptors (Lipinski definition) is 20. The Balaban J connectivity index is 0.000000195. The lowest BCUT2D eigenvalue weighted by Gasteiger charge is -2.18. The van der Waals surface area contributed by atoms with Crippen LogP contribution in [0.15, 0.2) is 172 Å². The number of rotatable bonds is 19. The van der Waals surface area contributed by atoms with E-state index in [4.69, 9.17) is 0 Å². The van der Waals surface area contributed by atoms with E-state index >= 15 is 0 Å². The number of anilines is 3. The third-order valence-corrected chi connectivity index (χ3v) is 17.5. The molecule has 0 bridgehead atoms. The number of carbonyl (C=O) groups is 3. The van der Waals surface area contributed by atoms with Crippen LogP contribution in [0.25, 0.3) is 66.5 Å². The number of nitrogens with zero attached hydrogens (tertiary/aromatic N) is 14. The molecule has 23 nitrogen and oxygen atoms in total. The molecule has 538 valence electrons. The van der Waals surface area contributed by atoms with Crippen molar-refractivity contribution in [2.45, 2.75) is 110 Å². The molecule has 1 aliphatic carbocycles. The Hall–Kier alpha value is -10.7. The van der Waals surface area contributed by atoms with Crippen molar-refractivity contribution in [3.8, 4) is 33.8 Å². The molecule has 3 amide bonds. The Morgan fingerprint density at radius 2 is 0.750 bits per heavy atom. The van der Waals surface area contributed by atoms with Crippen molar-refractivity contribution in [3.63, 3.8) is 0 Å². The summed E-state index contributed by atoms with van der Waals surface area (Å²) in [4.78, 5) is 99.4. The number of nitrogens with one attached hydrogen (secondary N) is 6. The number of pyridine rings is 4. The van der Waals surface area contributed by atoms with E-state index in [9.17, 15) is 14.4 Å². The summed E-state index contributed by atoms with van der Waals surface area (Å²) >= 11 is 0. The highest BCUT2D eigenvalue weighted by Crippen LogP contribution is 2.38. The molecule has 0 radical (unpaired) electrons. The molecule has 26 heteroatoms. The van der Waals surface area contributed by atoms with Gasteiger partial charge in [-0.05, 0) is 59.9 Å². The first-order chi connectivity index (χ1) is 48.7. The molecule has 12 aromatic rings. The highest BCUT2D eigenvalue weighted by atomic mass is 32.1. The fourth-order valence-electron chi connectivity index (χ4n) is 11.6. The van der Waals surface area contributed by atoms with Gasteiger partial charge >= 0.3 is 0 Å². The fourth-order valence-corrected chi connectivity index (χ4v) is 11.6. The van der Waals surface area contributed by atoms with E-state index in [1.165, 1.54) is 19.2 Å². The topological polar surface area (TPSA) is 304 Å². The van der Waals surface area contributed by atoms with E-state index in [1.54, 1.807) is 83.0 Å². The number of fused-ring (bicyclic) bond motifs is 3. The van der Waals surface area contributed by atoms with Gasteiger partial charge in [0, 0.05) is 182 Å². The largest absolute Gasteiger partial charge is 0.369 e. The predicted octanol–water partition coefficient (Wildman–Crippen LogP) is 13.6. The average molecular weight is 1450 g/mol. The first-order valence-electron chi connectivity index (χ1n) is 33.8. The first kappa shape index (κ1) is 79.0. The molecule has 6 N–H and O–H groups in total. The Bertz CT molecular complexity index is 4720. The minimum atomic E-state index is -0.122. The van der Waals surface area contributed by atoms with Crippen molar-refractivity contribution in [3.05, 3.63) is 222 Å². The maximum atomic E-state index is 12.3.